The van der Waals surface area contributed by atoms with Crippen LogP contribution >= 0.6 is 0 Å². The summed E-state index contributed by atoms with van der Waals surface area (Å²) in [6, 6.07) is 4.69. The highest BCUT2D eigenvalue weighted by molar-refractivity contribution is 6.10. The molecule has 8 nitrogen and oxygen atoms in total. The summed E-state index contributed by atoms with van der Waals surface area (Å²) in [5.74, 6) is -0.110. The maximum absolute atomic E-state index is 12.9. The summed E-state index contributed by atoms with van der Waals surface area (Å²) in [7, 11) is 0. The van der Waals surface area contributed by atoms with Gasteiger partial charge in [0, 0.05) is 18.1 Å². The Labute approximate surface area is 162 Å². The molecule has 4 rings (SSSR count). The number of imide groups is 1. The number of rotatable bonds is 4. The second-order valence-electron chi connectivity index (χ2n) is 7.56. The molecule has 2 fully saturated rings. The van der Waals surface area contributed by atoms with Crippen molar-refractivity contribution in [2.24, 2.45) is 5.92 Å². The molecule has 1 spiro atoms. The van der Waals surface area contributed by atoms with Crippen molar-refractivity contribution in [2.75, 3.05) is 11.9 Å². The van der Waals surface area contributed by atoms with Gasteiger partial charge in [0.05, 0.1) is 11.0 Å². The van der Waals surface area contributed by atoms with Crippen LogP contribution in [0.3, 0.4) is 0 Å². The first-order chi connectivity index (χ1) is 13.5. The van der Waals surface area contributed by atoms with Gasteiger partial charge in [-0.3, -0.25) is 24.5 Å². The molecule has 146 valence electrons. The number of fused-ring (bicyclic) bond motifs is 1. The molecule has 1 aromatic heterocycles. The van der Waals surface area contributed by atoms with Gasteiger partial charge in [-0.05, 0) is 49.8 Å². The standard InChI is InChI=1S/C20H23N5O3/c1-2-13-5-7-20(8-6-13)18(27)25(19(28)24-20)12-17(26)23-14-3-4-15-16(11-14)22-10-9-21-15/h3-4,9-11,13H,2,5-8,12H2,1H3,(H,23,26)(H,24,28). The minimum absolute atomic E-state index is 0.286. The maximum atomic E-state index is 12.9. The van der Waals surface area contributed by atoms with Gasteiger partial charge in [-0.25, -0.2) is 4.79 Å². The van der Waals surface area contributed by atoms with Crippen molar-refractivity contribution in [3.05, 3.63) is 30.6 Å². The topological polar surface area (TPSA) is 104 Å². The number of anilines is 1. The molecular formula is C20H23N5O3. The van der Waals surface area contributed by atoms with Gasteiger partial charge < -0.3 is 10.6 Å². The Hall–Kier alpha value is -3.03. The number of benzene rings is 1. The van der Waals surface area contributed by atoms with Crippen molar-refractivity contribution < 1.29 is 14.4 Å². The van der Waals surface area contributed by atoms with Crippen molar-refractivity contribution in [2.45, 2.75) is 44.6 Å². The second kappa shape index (κ2) is 7.18. The van der Waals surface area contributed by atoms with Crippen LogP contribution in [0.5, 0.6) is 0 Å². The highest BCUT2D eigenvalue weighted by Gasteiger charge is 2.52. The number of carbonyl (C=O) groups excluding carboxylic acids is 3. The van der Waals surface area contributed by atoms with E-state index in [9.17, 15) is 14.4 Å². The van der Waals surface area contributed by atoms with E-state index in [-0.39, 0.29) is 12.5 Å². The molecule has 2 heterocycles. The van der Waals surface area contributed by atoms with E-state index in [4.69, 9.17) is 0 Å². The first kappa shape index (κ1) is 18.3. The normalized spacial score (nSPS) is 24.6. The Balaban J connectivity index is 1.42. The van der Waals surface area contributed by atoms with Gasteiger partial charge in [-0.1, -0.05) is 13.3 Å². The number of amides is 4. The summed E-state index contributed by atoms with van der Waals surface area (Å²) in [5.41, 5.74) is 1.09. The largest absolute Gasteiger partial charge is 0.325 e. The SMILES string of the molecule is CCC1CCC2(CC1)NC(=O)N(CC(=O)Nc1ccc3nccnc3c1)C2=O. The van der Waals surface area contributed by atoms with Crippen LogP contribution < -0.4 is 10.6 Å². The third-order valence-corrected chi connectivity index (χ3v) is 5.84. The summed E-state index contributed by atoms with van der Waals surface area (Å²) in [6.45, 7) is 1.84. The molecule has 28 heavy (non-hydrogen) atoms. The first-order valence-electron chi connectivity index (χ1n) is 9.65. The predicted molar refractivity (Wildman–Crippen MR) is 103 cm³/mol. The molecule has 0 radical (unpaired) electrons. The van der Waals surface area contributed by atoms with Crippen molar-refractivity contribution >= 4 is 34.6 Å². The average Bonchev–Trinajstić information content (AvgIpc) is 2.92. The summed E-state index contributed by atoms with van der Waals surface area (Å²) >= 11 is 0. The van der Waals surface area contributed by atoms with Crippen LogP contribution in [0, 0.1) is 5.92 Å². The Kier molecular flexibility index (Phi) is 4.70. The molecule has 1 aromatic carbocycles. The highest BCUT2D eigenvalue weighted by Crippen LogP contribution is 2.37. The summed E-state index contributed by atoms with van der Waals surface area (Å²) in [6.07, 6.45) is 7.37. The minimum atomic E-state index is -0.832. The summed E-state index contributed by atoms with van der Waals surface area (Å²) in [5, 5.41) is 5.58. The zero-order valence-corrected chi connectivity index (χ0v) is 15.8. The smallest absolute Gasteiger partial charge is 0.324 e. The number of urea groups is 1. The first-order valence-corrected chi connectivity index (χ1v) is 9.65. The molecule has 1 saturated heterocycles. The van der Waals surface area contributed by atoms with Crippen LogP contribution in [0.1, 0.15) is 39.0 Å². The van der Waals surface area contributed by atoms with Gasteiger partial charge in [0.1, 0.15) is 12.1 Å². The van der Waals surface area contributed by atoms with Gasteiger partial charge >= 0.3 is 6.03 Å². The van der Waals surface area contributed by atoms with Crippen molar-refractivity contribution in [1.82, 2.24) is 20.2 Å². The fraction of sp³-hybridized carbons (Fsp3) is 0.450. The lowest BCUT2D eigenvalue weighted by molar-refractivity contribution is -0.135. The number of nitrogens with one attached hydrogen (secondary N) is 2. The van der Waals surface area contributed by atoms with Gasteiger partial charge in [0.25, 0.3) is 5.91 Å². The van der Waals surface area contributed by atoms with E-state index in [1.54, 1.807) is 30.6 Å². The van der Waals surface area contributed by atoms with E-state index in [0.29, 0.717) is 30.0 Å². The lowest BCUT2D eigenvalue weighted by Crippen LogP contribution is -2.49. The van der Waals surface area contributed by atoms with Crippen LogP contribution in [0.2, 0.25) is 0 Å². The number of nitrogens with zero attached hydrogens (tertiary/aromatic N) is 3. The quantitative estimate of drug-likeness (QED) is 0.792. The Bertz CT molecular complexity index is 936. The summed E-state index contributed by atoms with van der Waals surface area (Å²) in [4.78, 5) is 47.1. The second-order valence-corrected chi connectivity index (χ2v) is 7.56. The van der Waals surface area contributed by atoms with Gasteiger partial charge in [-0.15, -0.1) is 0 Å². The molecule has 8 heteroatoms. The van der Waals surface area contributed by atoms with E-state index in [1.165, 1.54) is 0 Å². The zero-order valence-electron chi connectivity index (χ0n) is 15.8. The van der Waals surface area contributed by atoms with E-state index < -0.39 is 17.5 Å². The van der Waals surface area contributed by atoms with Gasteiger partial charge in [0.15, 0.2) is 0 Å². The maximum Gasteiger partial charge on any atom is 0.325 e. The molecule has 1 aliphatic carbocycles. The molecule has 1 aliphatic heterocycles. The lowest BCUT2D eigenvalue weighted by Gasteiger charge is -2.34. The van der Waals surface area contributed by atoms with E-state index in [0.717, 1.165) is 29.7 Å². The third-order valence-electron chi connectivity index (χ3n) is 5.84. The Morgan fingerprint density at radius 3 is 2.64 bits per heavy atom. The van der Waals surface area contributed by atoms with E-state index >= 15 is 0 Å². The summed E-state index contributed by atoms with van der Waals surface area (Å²) < 4.78 is 0. The molecule has 2 N–H and O–H groups in total. The molecule has 0 unspecified atom stereocenters. The molecule has 4 amide bonds. The van der Waals surface area contributed by atoms with Gasteiger partial charge in [-0.2, -0.15) is 0 Å². The predicted octanol–water partition coefficient (Wildman–Crippen LogP) is 2.46. The Morgan fingerprint density at radius 1 is 1.21 bits per heavy atom. The van der Waals surface area contributed by atoms with Crippen LogP contribution in [0.25, 0.3) is 11.0 Å². The highest BCUT2D eigenvalue weighted by atomic mass is 16.2. The van der Waals surface area contributed by atoms with Crippen LogP contribution in [-0.2, 0) is 9.59 Å². The molecule has 2 aromatic rings. The van der Waals surface area contributed by atoms with Crippen molar-refractivity contribution in [3.8, 4) is 0 Å². The zero-order chi connectivity index (χ0) is 19.7. The molecule has 1 saturated carbocycles. The van der Waals surface area contributed by atoms with Gasteiger partial charge in [0.2, 0.25) is 5.91 Å². The van der Waals surface area contributed by atoms with E-state index in [2.05, 4.69) is 27.5 Å². The number of aromatic nitrogens is 2. The monoisotopic (exact) mass is 381 g/mol. The average molecular weight is 381 g/mol. The molecular weight excluding hydrogens is 358 g/mol. The van der Waals surface area contributed by atoms with Crippen LogP contribution in [0.4, 0.5) is 10.5 Å². The fourth-order valence-corrected chi connectivity index (χ4v) is 4.12. The third kappa shape index (κ3) is 3.30. The van der Waals surface area contributed by atoms with Crippen LogP contribution in [0.15, 0.2) is 30.6 Å². The van der Waals surface area contributed by atoms with Crippen LogP contribution in [-0.4, -0.2) is 44.8 Å². The van der Waals surface area contributed by atoms with Crippen molar-refractivity contribution in [1.29, 1.82) is 0 Å². The number of hydrogen-bond donors (Lipinski definition) is 2. The molecule has 0 atom stereocenters. The molecule has 2 aliphatic rings. The fourth-order valence-electron chi connectivity index (χ4n) is 4.12. The van der Waals surface area contributed by atoms with E-state index in [1.807, 2.05) is 0 Å². The minimum Gasteiger partial charge on any atom is -0.324 e. The molecule has 0 bridgehead atoms. The number of carbonyl (C=O) groups is 3. The van der Waals surface area contributed by atoms with Crippen molar-refractivity contribution in [3.63, 3.8) is 0 Å². The Morgan fingerprint density at radius 2 is 1.93 bits per heavy atom. The lowest BCUT2D eigenvalue weighted by atomic mass is 9.75. The number of hydrogen-bond acceptors (Lipinski definition) is 5.